The van der Waals surface area contributed by atoms with Gasteiger partial charge in [0.15, 0.2) is 6.23 Å². The van der Waals surface area contributed by atoms with Crippen LogP contribution in [-0.4, -0.2) is 39.2 Å². The van der Waals surface area contributed by atoms with Gasteiger partial charge in [0.2, 0.25) is 0 Å². The summed E-state index contributed by atoms with van der Waals surface area (Å²) in [5.74, 6) is 0. The van der Waals surface area contributed by atoms with Crippen molar-refractivity contribution in [2.45, 2.75) is 30.2 Å². The molecule has 1 aromatic carbocycles. The van der Waals surface area contributed by atoms with Crippen LogP contribution in [-0.2, 0) is 6.42 Å². The van der Waals surface area contributed by atoms with Crippen LogP contribution in [0.1, 0.15) is 12.0 Å². The number of aryl methyl sites for hydroxylation is 1. The molecule has 0 saturated carbocycles. The van der Waals surface area contributed by atoms with Crippen LogP contribution in [0.2, 0.25) is 0 Å². The summed E-state index contributed by atoms with van der Waals surface area (Å²) in [5.41, 5.74) is 2.09. The predicted octanol–water partition coefficient (Wildman–Crippen LogP) is 0.832. The molecule has 0 aliphatic carbocycles. The maximum atomic E-state index is 10.0. The second kappa shape index (κ2) is 5.35. The molecule has 3 atom stereocenters. The normalized spacial score (nSPS) is 20.6. The average molecular weight is 302 g/mol. The minimum Gasteiger partial charge on any atom is -0.385 e. The Hall–Kier alpha value is -0.620. The topological polar surface area (TPSA) is 63.9 Å². The third-order valence-electron chi connectivity index (χ3n) is 3.05. The first-order valence-electron chi connectivity index (χ1n) is 5.64. The van der Waals surface area contributed by atoms with Crippen molar-refractivity contribution in [3.05, 3.63) is 29.8 Å². The second-order valence-corrected chi connectivity index (χ2v) is 5.14. The van der Waals surface area contributed by atoms with E-state index >= 15 is 0 Å². The van der Waals surface area contributed by atoms with E-state index in [0.29, 0.717) is 6.54 Å². The van der Waals surface area contributed by atoms with Crippen molar-refractivity contribution >= 4 is 21.6 Å². The largest absolute Gasteiger partial charge is 0.385 e. The van der Waals surface area contributed by atoms with Crippen LogP contribution in [0.25, 0.3) is 0 Å². The molecule has 1 heterocycles. The number of nitrogens with zero attached hydrogens (tertiary/aromatic N) is 1. The highest BCUT2D eigenvalue weighted by Gasteiger charge is 2.30. The standard InChI is InChI=1S/C12H16BrNO3/c13-11(16)10(15)12(17)14-7-3-5-8-4-1-2-6-9(8)14/h1-2,4,6,10-12,15-17H,3,5,7H2. The van der Waals surface area contributed by atoms with E-state index in [4.69, 9.17) is 0 Å². The van der Waals surface area contributed by atoms with Gasteiger partial charge in [-0.15, -0.1) is 0 Å². The summed E-state index contributed by atoms with van der Waals surface area (Å²) in [6.45, 7) is 0.676. The Bertz CT molecular complexity index is 386. The first-order chi connectivity index (χ1) is 8.11. The van der Waals surface area contributed by atoms with Crippen LogP contribution in [0.4, 0.5) is 5.69 Å². The Morgan fingerprint density at radius 1 is 1.18 bits per heavy atom. The van der Waals surface area contributed by atoms with Crippen LogP contribution in [0, 0.1) is 0 Å². The second-order valence-electron chi connectivity index (χ2n) is 4.20. The highest BCUT2D eigenvalue weighted by atomic mass is 79.9. The summed E-state index contributed by atoms with van der Waals surface area (Å²) in [6.07, 6.45) is -0.432. The van der Waals surface area contributed by atoms with Gasteiger partial charge in [0.25, 0.3) is 0 Å². The number of halogens is 1. The third-order valence-corrected chi connectivity index (χ3v) is 3.59. The van der Waals surface area contributed by atoms with E-state index in [9.17, 15) is 15.3 Å². The molecule has 5 heteroatoms. The maximum absolute atomic E-state index is 10.0. The summed E-state index contributed by atoms with van der Waals surface area (Å²) in [5, 5.41) is 27.8. The number of alkyl halides is 1. The van der Waals surface area contributed by atoms with Gasteiger partial charge in [-0.3, -0.25) is 0 Å². The summed E-state index contributed by atoms with van der Waals surface area (Å²) in [6, 6.07) is 7.81. The molecule has 17 heavy (non-hydrogen) atoms. The minimum atomic E-state index is -1.24. The molecule has 2 rings (SSSR count). The molecule has 1 aliphatic rings. The molecule has 0 amide bonds. The number of fused-ring (bicyclic) bond motifs is 1. The number of aliphatic hydroxyl groups is 3. The van der Waals surface area contributed by atoms with Crippen LogP contribution < -0.4 is 4.90 Å². The highest BCUT2D eigenvalue weighted by Crippen LogP contribution is 2.29. The van der Waals surface area contributed by atoms with E-state index in [1.807, 2.05) is 24.3 Å². The van der Waals surface area contributed by atoms with Gasteiger partial charge >= 0.3 is 0 Å². The van der Waals surface area contributed by atoms with Gasteiger partial charge in [-0.05, 0) is 24.5 Å². The van der Waals surface area contributed by atoms with Gasteiger partial charge in [-0.2, -0.15) is 0 Å². The summed E-state index contributed by atoms with van der Waals surface area (Å²) >= 11 is 2.87. The third kappa shape index (κ3) is 2.63. The van der Waals surface area contributed by atoms with Crippen molar-refractivity contribution in [1.82, 2.24) is 0 Å². The lowest BCUT2D eigenvalue weighted by atomic mass is 10.0. The van der Waals surface area contributed by atoms with Gasteiger partial charge in [0.1, 0.15) is 11.1 Å². The monoisotopic (exact) mass is 301 g/mol. The first-order valence-corrected chi connectivity index (χ1v) is 6.55. The van der Waals surface area contributed by atoms with Crippen LogP contribution >= 0.6 is 15.9 Å². The Labute approximate surface area is 109 Å². The number of hydrogen-bond donors (Lipinski definition) is 3. The molecule has 1 aliphatic heterocycles. The lowest BCUT2D eigenvalue weighted by Gasteiger charge is -2.37. The molecule has 1 aromatic rings. The van der Waals surface area contributed by atoms with Gasteiger partial charge in [0, 0.05) is 12.2 Å². The Balaban J connectivity index is 2.23. The van der Waals surface area contributed by atoms with Crippen LogP contribution in [0.15, 0.2) is 24.3 Å². The number of benzene rings is 1. The van der Waals surface area contributed by atoms with Gasteiger partial charge in [-0.1, -0.05) is 34.1 Å². The fourth-order valence-corrected chi connectivity index (χ4v) is 2.44. The number of para-hydroxylation sites is 1. The number of aliphatic hydroxyl groups excluding tert-OH is 3. The Morgan fingerprint density at radius 2 is 1.88 bits per heavy atom. The number of rotatable bonds is 3. The molecule has 94 valence electrons. The molecule has 0 saturated heterocycles. The molecule has 0 bridgehead atoms. The molecule has 4 nitrogen and oxygen atoms in total. The predicted molar refractivity (Wildman–Crippen MR) is 69.1 cm³/mol. The molecule has 0 radical (unpaired) electrons. The van der Waals surface area contributed by atoms with Crippen molar-refractivity contribution in [2.24, 2.45) is 0 Å². The highest BCUT2D eigenvalue weighted by molar-refractivity contribution is 9.09. The van der Waals surface area contributed by atoms with E-state index in [1.54, 1.807) is 4.90 Å². The summed E-state index contributed by atoms with van der Waals surface area (Å²) in [7, 11) is 0. The van der Waals surface area contributed by atoms with E-state index in [0.717, 1.165) is 24.1 Å². The smallest absolute Gasteiger partial charge is 0.156 e. The molecular weight excluding hydrogens is 286 g/mol. The van der Waals surface area contributed by atoms with E-state index in [-0.39, 0.29) is 0 Å². The van der Waals surface area contributed by atoms with Gasteiger partial charge < -0.3 is 20.2 Å². The summed E-state index contributed by atoms with van der Waals surface area (Å²) < 4.78 is 0. The maximum Gasteiger partial charge on any atom is 0.156 e. The SMILES string of the molecule is OC(Br)C(O)C(O)N1CCCc2ccccc21. The van der Waals surface area contributed by atoms with Crippen molar-refractivity contribution in [3.8, 4) is 0 Å². The van der Waals surface area contributed by atoms with Gasteiger partial charge in [-0.25, -0.2) is 0 Å². The Morgan fingerprint density at radius 3 is 2.59 bits per heavy atom. The van der Waals surface area contributed by atoms with Crippen LogP contribution in [0.5, 0.6) is 0 Å². The lowest BCUT2D eigenvalue weighted by molar-refractivity contribution is -0.0257. The van der Waals surface area contributed by atoms with E-state index in [1.165, 1.54) is 0 Å². The van der Waals surface area contributed by atoms with E-state index < -0.39 is 17.3 Å². The molecule has 3 N–H and O–H groups in total. The molecular formula is C12H16BrNO3. The zero-order chi connectivity index (χ0) is 12.4. The summed E-state index contributed by atoms with van der Waals surface area (Å²) in [4.78, 5) is 1.73. The van der Waals surface area contributed by atoms with E-state index in [2.05, 4.69) is 15.9 Å². The van der Waals surface area contributed by atoms with Crippen molar-refractivity contribution in [2.75, 3.05) is 11.4 Å². The van der Waals surface area contributed by atoms with Crippen molar-refractivity contribution < 1.29 is 15.3 Å². The van der Waals surface area contributed by atoms with Gasteiger partial charge in [0.05, 0.1) is 0 Å². The minimum absolute atomic E-state index is 0.676. The fourth-order valence-electron chi connectivity index (χ4n) is 2.16. The van der Waals surface area contributed by atoms with Crippen molar-refractivity contribution in [3.63, 3.8) is 0 Å². The molecule has 0 spiro atoms. The number of anilines is 1. The zero-order valence-electron chi connectivity index (χ0n) is 9.33. The average Bonchev–Trinajstić information content (AvgIpc) is 2.36. The Kier molecular flexibility index (Phi) is 4.04. The first kappa shape index (κ1) is 12.8. The quantitative estimate of drug-likeness (QED) is 0.724. The van der Waals surface area contributed by atoms with Crippen molar-refractivity contribution in [1.29, 1.82) is 0 Å². The lowest BCUT2D eigenvalue weighted by Crippen LogP contribution is -2.49. The fraction of sp³-hybridized carbons (Fsp3) is 0.500. The molecule has 0 fully saturated rings. The van der Waals surface area contributed by atoms with Crippen LogP contribution in [0.3, 0.4) is 0 Å². The molecule has 0 aromatic heterocycles. The number of hydrogen-bond acceptors (Lipinski definition) is 4. The zero-order valence-corrected chi connectivity index (χ0v) is 10.9. The molecule has 3 unspecified atom stereocenters.